The molecule has 0 atom stereocenters. The molecule has 0 spiro atoms. The van der Waals surface area contributed by atoms with Gasteiger partial charge in [0.2, 0.25) is 0 Å². The Morgan fingerprint density at radius 3 is 2.58 bits per heavy atom. The summed E-state index contributed by atoms with van der Waals surface area (Å²) in [7, 11) is 0. The van der Waals surface area contributed by atoms with Crippen LogP contribution in [-0.2, 0) is 17.8 Å². The average Bonchev–Trinajstić information content (AvgIpc) is 3.21. The number of aromatic nitrogens is 1. The highest BCUT2D eigenvalue weighted by atomic mass is 32.1. The molecule has 4 aromatic rings. The van der Waals surface area contributed by atoms with Gasteiger partial charge in [0.05, 0.1) is 17.1 Å². The number of anilines is 1. The number of benzene rings is 3. The van der Waals surface area contributed by atoms with E-state index < -0.39 is 0 Å². The number of carbonyl (C=O) groups excluding carboxylic acids is 1. The Kier molecular flexibility index (Phi) is 5.37. The van der Waals surface area contributed by atoms with Gasteiger partial charge in [-0.2, -0.15) is 0 Å². The molecule has 5 rings (SSSR count). The fourth-order valence-corrected chi connectivity index (χ4v) is 4.56. The summed E-state index contributed by atoms with van der Waals surface area (Å²) < 4.78 is 7.76. The van der Waals surface area contributed by atoms with Crippen molar-refractivity contribution < 1.29 is 9.53 Å². The Hall–Kier alpha value is -3.64. The Morgan fingerprint density at radius 2 is 1.77 bits per heavy atom. The Bertz CT molecular complexity index is 1280. The minimum atomic E-state index is -0.133. The number of aryl methyl sites for hydroxylation is 1. The van der Waals surface area contributed by atoms with E-state index in [0.29, 0.717) is 11.4 Å². The van der Waals surface area contributed by atoms with Crippen LogP contribution < -0.4 is 14.9 Å². The zero-order valence-corrected chi connectivity index (χ0v) is 17.6. The van der Waals surface area contributed by atoms with Crippen molar-refractivity contribution >= 4 is 28.6 Å². The summed E-state index contributed by atoms with van der Waals surface area (Å²) >= 11 is 1.62. The zero-order chi connectivity index (χ0) is 21.0. The van der Waals surface area contributed by atoms with Crippen molar-refractivity contribution in [3.63, 3.8) is 0 Å². The lowest BCUT2D eigenvalue weighted by molar-refractivity contribution is -0.118. The van der Waals surface area contributed by atoms with E-state index >= 15 is 0 Å². The number of nitrogens with zero attached hydrogens (tertiary/aromatic N) is 2. The SMILES string of the molecule is O=C1COc2ccc(-c3csc(=Nc4ccccc4)n3CCc3ccccc3)cc2N1. The molecule has 0 fully saturated rings. The number of para-hydroxylation sites is 1. The van der Waals surface area contributed by atoms with Crippen molar-refractivity contribution in [3.8, 4) is 17.0 Å². The smallest absolute Gasteiger partial charge is 0.262 e. The molecule has 0 radical (unpaired) electrons. The molecule has 1 N–H and O–H groups in total. The van der Waals surface area contributed by atoms with Crippen molar-refractivity contribution in [1.82, 2.24) is 4.57 Å². The lowest BCUT2D eigenvalue weighted by atomic mass is 10.1. The van der Waals surface area contributed by atoms with Gasteiger partial charge in [-0.3, -0.25) is 4.79 Å². The van der Waals surface area contributed by atoms with Crippen LogP contribution in [0.5, 0.6) is 5.75 Å². The molecule has 1 amide bonds. The van der Waals surface area contributed by atoms with Gasteiger partial charge in [-0.05, 0) is 42.3 Å². The molecule has 5 nitrogen and oxygen atoms in total. The standard InChI is InChI=1S/C25H21N3O2S/c29-24-16-30-23-12-11-19(15-21(23)27-24)22-17-31-25(26-20-9-5-2-6-10-20)28(22)14-13-18-7-3-1-4-8-18/h1-12,15,17H,13-14,16H2,(H,27,29). The van der Waals surface area contributed by atoms with Gasteiger partial charge in [0.15, 0.2) is 11.4 Å². The molecule has 3 aromatic carbocycles. The Morgan fingerprint density at radius 1 is 1.00 bits per heavy atom. The van der Waals surface area contributed by atoms with Crippen molar-refractivity contribution in [1.29, 1.82) is 0 Å². The monoisotopic (exact) mass is 427 g/mol. The highest BCUT2D eigenvalue weighted by molar-refractivity contribution is 7.07. The Labute approximate surface area is 184 Å². The topological polar surface area (TPSA) is 55.6 Å². The van der Waals surface area contributed by atoms with Crippen molar-refractivity contribution in [2.24, 2.45) is 4.99 Å². The van der Waals surface area contributed by atoms with Crippen LogP contribution >= 0.6 is 11.3 Å². The number of carbonyl (C=O) groups is 1. The minimum absolute atomic E-state index is 0.0575. The van der Waals surface area contributed by atoms with E-state index in [0.717, 1.165) is 34.7 Å². The first-order valence-electron chi connectivity index (χ1n) is 10.2. The molecular weight excluding hydrogens is 406 g/mol. The summed E-state index contributed by atoms with van der Waals surface area (Å²) in [6.07, 6.45) is 0.900. The van der Waals surface area contributed by atoms with E-state index in [4.69, 9.17) is 9.73 Å². The van der Waals surface area contributed by atoms with Gasteiger partial charge in [-0.15, -0.1) is 11.3 Å². The number of fused-ring (bicyclic) bond motifs is 1. The van der Waals surface area contributed by atoms with Crippen molar-refractivity contribution in [2.45, 2.75) is 13.0 Å². The van der Waals surface area contributed by atoms with Crippen molar-refractivity contribution in [2.75, 3.05) is 11.9 Å². The quantitative estimate of drug-likeness (QED) is 0.486. The summed E-state index contributed by atoms with van der Waals surface area (Å²) in [5.41, 5.74) is 5.00. The molecule has 1 aliphatic rings. The molecule has 0 saturated heterocycles. The molecule has 0 saturated carbocycles. The van der Waals surface area contributed by atoms with Crippen LogP contribution in [0, 0.1) is 0 Å². The van der Waals surface area contributed by atoms with Crippen LogP contribution in [0.2, 0.25) is 0 Å². The third-order valence-electron chi connectivity index (χ3n) is 5.15. The molecule has 0 unspecified atom stereocenters. The largest absolute Gasteiger partial charge is 0.482 e. The van der Waals surface area contributed by atoms with E-state index in [2.05, 4.69) is 39.5 Å². The van der Waals surface area contributed by atoms with E-state index in [1.807, 2.05) is 54.6 Å². The maximum absolute atomic E-state index is 11.8. The van der Waals surface area contributed by atoms with Crippen LogP contribution in [0.25, 0.3) is 11.3 Å². The van der Waals surface area contributed by atoms with Gasteiger partial charge in [-0.1, -0.05) is 48.5 Å². The number of amides is 1. The molecule has 1 aromatic heterocycles. The molecule has 1 aliphatic heterocycles. The predicted molar refractivity (Wildman–Crippen MR) is 124 cm³/mol. The number of hydrogen-bond donors (Lipinski definition) is 1. The van der Waals surface area contributed by atoms with Crippen LogP contribution in [0.3, 0.4) is 0 Å². The number of ether oxygens (including phenoxy) is 1. The molecule has 0 aliphatic carbocycles. The fraction of sp³-hybridized carbons (Fsp3) is 0.120. The molecule has 0 bridgehead atoms. The fourth-order valence-electron chi connectivity index (χ4n) is 3.61. The number of hydrogen-bond acceptors (Lipinski definition) is 4. The molecular formula is C25H21N3O2S. The van der Waals surface area contributed by atoms with Crippen molar-refractivity contribution in [3.05, 3.63) is 94.6 Å². The zero-order valence-electron chi connectivity index (χ0n) is 16.8. The lowest BCUT2D eigenvalue weighted by Gasteiger charge is -2.19. The van der Waals surface area contributed by atoms with E-state index in [1.165, 1.54) is 5.56 Å². The summed E-state index contributed by atoms with van der Waals surface area (Å²) in [6, 6.07) is 26.4. The molecule has 154 valence electrons. The summed E-state index contributed by atoms with van der Waals surface area (Å²) in [4.78, 5) is 17.6. The maximum atomic E-state index is 11.8. The minimum Gasteiger partial charge on any atom is -0.482 e. The highest BCUT2D eigenvalue weighted by Gasteiger charge is 2.18. The third kappa shape index (κ3) is 4.29. The highest BCUT2D eigenvalue weighted by Crippen LogP contribution is 2.33. The second-order valence-electron chi connectivity index (χ2n) is 7.29. The van der Waals surface area contributed by atoms with Gasteiger partial charge in [0.1, 0.15) is 5.75 Å². The second-order valence-corrected chi connectivity index (χ2v) is 8.12. The first-order chi connectivity index (χ1) is 15.3. The van der Waals surface area contributed by atoms with Gasteiger partial charge < -0.3 is 14.6 Å². The first-order valence-corrected chi connectivity index (χ1v) is 11.0. The number of nitrogens with one attached hydrogen (secondary N) is 1. The number of thiazole rings is 1. The summed E-state index contributed by atoms with van der Waals surface area (Å²) in [5, 5.41) is 5.03. The normalized spacial score (nSPS) is 13.4. The first kappa shape index (κ1) is 19.3. The van der Waals surface area contributed by atoms with Crippen LogP contribution in [0.15, 0.2) is 89.2 Å². The van der Waals surface area contributed by atoms with Gasteiger partial charge in [-0.25, -0.2) is 4.99 Å². The molecule has 6 heteroatoms. The van der Waals surface area contributed by atoms with Crippen LogP contribution in [0.4, 0.5) is 11.4 Å². The van der Waals surface area contributed by atoms with Gasteiger partial charge in [0, 0.05) is 17.5 Å². The van der Waals surface area contributed by atoms with E-state index in [1.54, 1.807) is 11.3 Å². The van der Waals surface area contributed by atoms with E-state index in [-0.39, 0.29) is 12.5 Å². The van der Waals surface area contributed by atoms with Gasteiger partial charge in [0.25, 0.3) is 5.91 Å². The maximum Gasteiger partial charge on any atom is 0.262 e. The van der Waals surface area contributed by atoms with Crippen LogP contribution in [0.1, 0.15) is 5.56 Å². The average molecular weight is 428 g/mol. The molecule has 31 heavy (non-hydrogen) atoms. The lowest BCUT2D eigenvalue weighted by Crippen LogP contribution is -2.25. The molecule has 2 heterocycles. The predicted octanol–water partition coefficient (Wildman–Crippen LogP) is 5.02. The Balaban J connectivity index is 1.56. The number of rotatable bonds is 5. The van der Waals surface area contributed by atoms with Crippen LogP contribution in [-0.4, -0.2) is 17.1 Å². The second kappa shape index (κ2) is 8.62. The van der Waals surface area contributed by atoms with Gasteiger partial charge >= 0.3 is 0 Å². The summed E-state index contributed by atoms with van der Waals surface area (Å²) in [6.45, 7) is 0.858. The van der Waals surface area contributed by atoms with E-state index in [9.17, 15) is 4.79 Å². The summed E-state index contributed by atoms with van der Waals surface area (Å²) in [5.74, 6) is 0.565. The third-order valence-corrected chi connectivity index (χ3v) is 6.02.